The predicted molar refractivity (Wildman–Crippen MR) is 51.4 cm³/mol. The molecule has 2 N–H and O–H groups in total. The molecule has 1 rings (SSSR count). The average Bonchev–Trinajstić information content (AvgIpc) is 2.00. The van der Waals surface area contributed by atoms with Crippen molar-refractivity contribution >= 4 is 20.4 Å². The van der Waals surface area contributed by atoms with E-state index in [1.54, 1.807) is 0 Å². The van der Waals surface area contributed by atoms with Gasteiger partial charge in [-0.3, -0.25) is 4.55 Å². The smallest absolute Gasteiger partial charge is 0.282 e. The fraction of sp³-hybridized carbons (Fsp3) is 0.333. The molecule has 1 aliphatic heterocycles. The normalized spacial score (nSPS) is 27.5. The van der Waals surface area contributed by atoms with Crippen molar-refractivity contribution in [2.24, 2.45) is 0 Å². The van der Waals surface area contributed by atoms with Crippen LogP contribution in [0.15, 0.2) is 23.3 Å². The summed E-state index contributed by atoms with van der Waals surface area (Å²) in [6, 6.07) is 0. The highest BCUT2D eigenvalue weighted by atomic mass is 32.2. The molecule has 0 aromatic carbocycles. The van der Waals surface area contributed by atoms with Crippen molar-refractivity contribution in [3.8, 4) is 0 Å². The molecule has 0 aromatic rings. The summed E-state index contributed by atoms with van der Waals surface area (Å²) in [7, 11) is -7.86. The zero-order valence-corrected chi connectivity index (χ0v) is 9.36. The van der Waals surface area contributed by atoms with Gasteiger partial charge in [0.15, 0.2) is 0 Å². The molecule has 1 atom stereocenters. The third kappa shape index (κ3) is 2.44. The van der Waals surface area contributed by atoms with Gasteiger partial charge in [0.25, 0.3) is 10.1 Å². The van der Waals surface area contributed by atoms with E-state index >= 15 is 0 Å². The van der Waals surface area contributed by atoms with E-state index in [1.165, 1.54) is 6.08 Å². The van der Waals surface area contributed by atoms with Crippen molar-refractivity contribution in [2.45, 2.75) is 0 Å². The molecular formula is C6H10NO6S2+. The van der Waals surface area contributed by atoms with Crippen LogP contribution in [0.5, 0.6) is 0 Å². The summed E-state index contributed by atoms with van der Waals surface area (Å²) < 4.78 is 60.0. The minimum Gasteiger partial charge on any atom is -0.282 e. The molecule has 15 heavy (non-hydrogen) atoms. The Morgan fingerprint density at radius 1 is 1.27 bits per heavy atom. The molecule has 7 nitrogen and oxygen atoms in total. The van der Waals surface area contributed by atoms with Gasteiger partial charge < -0.3 is 0 Å². The average molecular weight is 256 g/mol. The first-order valence-corrected chi connectivity index (χ1v) is 6.60. The lowest BCUT2D eigenvalue weighted by Crippen LogP contribution is -2.45. The Bertz CT molecular complexity index is 528. The van der Waals surface area contributed by atoms with Crippen molar-refractivity contribution in [3.05, 3.63) is 23.3 Å². The van der Waals surface area contributed by atoms with E-state index in [2.05, 4.69) is 0 Å². The van der Waals surface area contributed by atoms with Crippen molar-refractivity contribution in [3.63, 3.8) is 0 Å². The van der Waals surface area contributed by atoms with E-state index in [1.807, 2.05) is 0 Å². The quantitative estimate of drug-likeness (QED) is 0.511. The Labute approximate surface area is 87.5 Å². The van der Waals surface area contributed by atoms with E-state index in [0.717, 1.165) is 19.3 Å². The fourth-order valence-electron chi connectivity index (χ4n) is 1.06. The molecule has 0 fully saturated rings. The summed E-state index contributed by atoms with van der Waals surface area (Å²) in [4.78, 5) is -0.561. The number of quaternary nitrogens is 1. The van der Waals surface area contributed by atoms with Gasteiger partial charge in [-0.05, 0) is 12.2 Å². The topological polar surface area (TPSA) is 109 Å². The summed E-state index contributed by atoms with van der Waals surface area (Å²) in [5, 5.41) is 0. The van der Waals surface area contributed by atoms with Gasteiger partial charge in [-0.2, -0.15) is 12.3 Å². The second kappa shape index (κ2) is 3.39. The third-order valence-corrected chi connectivity index (χ3v) is 4.12. The van der Waals surface area contributed by atoms with Crippen molar-refractivity contribution in [2.75, 3.05) is 13.6 Å². The molecule has 1 aliphatic rings. The molecule has 0 spiro atoms. The van der Waals surface area contributed by atoms with Gasteiger partial charge in [0, 0.05) is 0 Å². The predicted octanol–water partition coefficient (Wildman–Crippen LogP) is -0.465. The van der Waals surface area contributed by atoms with Crippen LogP contribution in [-0.2, 0) is 20.4 Å². The van der Waals surface area contributed by atoms with E-state index in [9.17, 15) is 16.8 Å². The van der Waals surface area contributed by atoms with Gasteiger partial charge in [0.1, 0.15) is 17.6 Å². The highest BCUT2D eigenvalue weighted by molar-refractivity contribution is 7.90. The van der Waals surface area contributed by atoms with Crippen LogP contribution in [-0.4, -0.2) is 43.4 Å². The molecule has 0 amide bonds. The Morgan fingerprint density at radius 3 is 2.20 bits per heavy atom. The number of nitrogens with zero attached hydrogens (tertiary/aromatic N) is 1. The number of likely N-dealkylation sites (N-methyl/N-ethyl adjacent to an activating group) is 1. The van der Waals surface area contributed by atoms with E-state index in [0.29, 0.717) is 0 Å². The molecule has 1 unspecified atom stereocenters. The van der Waals surface area contributed by atoms with E-state index in [4.69, 9.17) is 9.11 Å². The number of rotatable bonds is 2. The monoisotopic (exact) mass is 256 g/mol. The van der Waals surface area contributed by atoms with Crippen LogP contribution in [0.2, 0.25) is 0 Å². The van der Waals surface area contributed by atoms with Crippen molar-refractivity contribution in [1.82, 2.24) is 0 Å². The van der Waals surface area contributed by atoms with E-state index in [-0.39, 0.29) is 6.54 Å². The maximum atomic E-state index is 11.0. The highest BCUT2D eigenvalue weighted by Crippen LogP contribution is 2.21. The summed E-state index contributed by atoms with van der Waals surface area (Å²) in [5.41, 5.74) is 0. The molecule has 0 aromatic heterocycles. The van der Waals surface area contributed by atoms with Crippen molar-refractivity contribution < 1.29 is 29.8 Å². The fourth-order valence-corrected chi connectivity index (χ4v) is 2.28. The van der Waals surface area contributed by atoms with Gasteiger partial charge in [-0.1, -0.05) is 0 Å². The summed E-state index contributed by atoms with van der Waals surface area (Å²) >= 11 is 0. The van der Waals surface area contributed by atoms with Crippen LogP contribution in [0.3, 0.4) is 0 Å². The zero-order chi connectivity index (χ0) is 11.9. The number of hydrogen-bond acceptors (Lipinski definition) is 4. The van der Waals surface area contributed by atoms with Crippen LogP contribution >= 0.6 is 0 Å². The standard InChI is InChI=1S/C6H9NO6S2/c1-7(15(11,12)13)4-2-3-6(5-7)14(8,9)10/h2-3,5H,4H2,1H3,(H-,8,9,10,11,12,13)/p+1. The Hall–Kier alpha value is -0.740. The van der Waals surface area contributed by atoms with Gasteiger partial charge in [0.05, 0.1) is 7.05 Å². The zero-order valence-electron chi connectivity index (χ0n) is 7.73. The van der Waals surface area contributed by atoms with Crippen LogP contribution in [0.1, 0.15) is 0 Å². The van der Waals surface area contributed by atoms with Gasteiger partial charge in [-0.25, -0.2) is 4.55 Å². The molecule has 0 radical (unpaired) electrons. The third-order valence-electron chi connectivity index (χ3n) is 1.98. The molecular weight excluding hydrogens is 246 g/mol. The SMILES string of the molecule is C[N+]1(S(=O)(=O)O)C=C(S(=O)(=O)O)C=CC1. The van der Waals surface area contributed by atoms with Gasteiger partial charge >= 0.3 is 10.3 Å². The molecule has 0 aliphatic carbocycles. The lowest BCUT2D eigenvalue weighted by atomic mass is 10.4. The van der Waals surface area contributed by atoms with Crippen LogP contribution in [0, 0.1) is 0 Å². The first-order chi connectivity index (χ1) is 6.56. The van der Waals surface area contributed by atoms with Crippen LogP contribution in [0.4, 0.5) is 0 Å². The summed E-state index contributed by atoms with van der Waals surface area (Å²) in [6.07, 6.45) is 3.06. The second-order valence-electron chi connectivity index (χ2n) is 3.21. The molecule has 0 bridgehead atoms. The van der Waals surface area contributed by atoms with Crippen molar-refractivity contribution in [1.29, 1.82) is 0 Å². The Balaban J connectivity index is 3.34. The molecule has 9 heteroatoms. The lowest BCUT2D eigenvalue weighted by molar-refractivity contribution is -0.727. The molecule has 86 valence electrons. The van der Waals surface area contributed by atoms with Crippen LogP contribution in [0.25, 0.3) is 0 Å². The Morgan fingerprint density at radius 2 is 1.80 bits per heavy atom. The van der Waals surface area contributed by atoms with Crippen LogP contribution < -0.4 is 0 Å². The maximum Gasteiger partial charge on any atom is 0.437 e. The first kappa shape index (κ1) is 12.3. The molecule has 1 heterocycles. The molecule has 0 saturated carbocycles. The number of hydrogen-bond donors (Lipinski definition) is 2. The lowest BCUT2D eigenvalue weighted by Gasteiger charge is -2.26. The Kier molecular flexibility index (Phi) is 2.78. The van der Waals surface area contributed by atoms with Gasteiger partial charge in [0.2, 0.25) is 0 Å². The second-order valence-corrected chi connectivity index (χ2v) is 6.36. The largest absolute Gasteiger partial charge is 0.437 e. The number of allylic oxidation sites excluding steroid dienone is 1. The van der Waals surface area contributed by atoms with Gasteiger partial charge in [-0.15, -0.1) is 8.42 Å². The first-order valence-electron chi connectivity index (χ1n) is 3.76. The molecule has 0 saturated heterocycles. The maximum absolute atomic E-state index is 11.0. The highest BCUT2D eigenvalue weighted by Gasteiger charge is 2.37. The van der Waals surface area contributed by atoms with E-state index < -0.39 is 29.2 Å². The summed E-state index contributed by atoms with van der Waals surface area (Å²) in [6.45, 7) is -0.113. The minimum atomic E-state index is -4.48. The summed E-state index contributed by atoms with van der Waals surface area (Å²) in [5.74, 6) is 0. The minimum absolute atomic E-state index is 0.113.